The van der Waals surface area contributed by atoms with Gasteiger partial charge in [-0.2, -0.15) is 11.8 Å². The highest BCUT2D eigenvalue weighted by Crippen LogP contribution is 1.99. The third kappa shape index (κ3) is 4.33. The normalized spacial score (nSPS) is 9.79. The molecule has 1 N–H and O–H groups in total. The molecule has 0 bridgehead atoms. The highest BCUT2D eigenvalue weighted by molar-refractivity contribution is 7.99. The molecule has 0 fully saturated rings. The number of carbonyl (C=O) groups is 1. The van der Waals surface area contributed by atoms with E-state index in [1.807, 2.05) is 30.3 Å². The number of thioether (sulfide) groups is 1. The van der Waals surface area contributed by atoms with Gasteiger partial charge in [-0.05, 0) is 11.3 Å². The predicted molar refractivity (Wildman–Crippen MR) is 61.3 cm³/mol. The van der Waals surface area contributed by atoms with Crippen molar-refractivity contribution in [3.63, 3.8) is 0 Å². The van der Waals surface area contributed by atoms with Crippen molar-refractivity contribution in [2.45, 2.75) is 13.5 Å². The zero-order chi connectivity index (χ0) is 10.2. The number of hydrogen-bond donors (Lipinski definition) is 1. The fraction of sp³-hybridized carbons (Fsp3) is 0.364. The van der Waals surface area contributed by atoms with Gasteiger partial charge in [-0.25, -0.2) is 0 Å². The zero-order valence-electron chi connectivity index (χ0n) is 8.32. The van der Waals surface area contributed by atoms with Gasteiger partial charge in [0.15, 0.2) is 0 Å². The van der Waals surface area contributed by atoms with Crippen LogP contribution in [0.5, 0.6) is 0 Å². The molecule has 1 amide bonds. The van der Waals surface area contributed by atoms with Gasteiger partial charge in [0.2, 0.25) is 5.91 Å². The third-order valence-electron chi connectivity index (χ3n) is 1.77. The summed E-state index contributed by atoms with van der Waals surface area (Å²) in [5.41, 5.74) is 1.14. The van der Waals surface area contributed by atoms with Crippen molar-refractivity contribution in [2.75, 3.05) is 11.5 Å². The Morgan fingerprint density at radius 1 is 1.36 bits per heavy atom. The van der Waals surface area contributed by atoms with Crippen molar-refractivity contribution in [1.82, 2.24) is 5.32 Å². The molecule has 2 nitrogen and oxygen atoms in total. The second-order valence-corrected chi connectivity index (χ2v) is 4.17. The van der Waals surface area contributed by atoms with Crippen LogP contribution in [0.2, 0.25) is 0 Å². The monoisotopic (exact) mass is 209 g/mol. The van der Waals surface area contributed by atoms with Gasteiger partial charge >= 0.3 is 0 Å². The maximum Gasteiger partial charge on any atom is 0.230 e. The van der Waals surface area contributed by atoms with Crippen LogP contribution in [-0.4, -0.2) is 17.4 Å². The molecule has 0 radical (unpaired) electrons. The molecule has 1 rings (SSSR count). The second kappa shape index (κ2) is 6.49. The van der Waals surface area contributed by atoms with Gasteiger partial charge in [0.05, 0.1) is 5.75 Å². The van der Waals surface area contributed by atoms with Crippen molar-refractivity contribution in [3.8, 4) is 0 Å². The van der Waals surface area contributed by atoms with Crippen LogP contribution in [-0.2, 0) is 11.3 Å². The molecule has 0 atom stereocenters. The van der Waals surface area contributed by atoms with Gasteiger partial charge in [-0.15, -0.1) is 0 Å². The number of hydrogen-bond acceptors (Lipinski definition) is 2. The van der Waals surface area contributed by atoms with E-state index in [4.69, 9.17) is 0 Å². The van der Waals surface area contributed by atoms with Crippen LogP contribution in [0.25, 0.3) is 0 Å². The Balaban J connectivity index is 2.24. The quantitative estimate of drug-likeness (QED) is 0.804. The summed E-state index contributed by atoms with van der Waals surface area (Å²) in [5.74, 6) is 1.66. The summed E-state index contributed by atoms with van der Waals surface area (Å²) >= 11 is 1.64. The summed E-state index contributed by atoms with van der Waals surface area (Å²) in [5, 5.41) is 2.87. The Bertz CT molecular complexity index is 274. The SMILES string of the molecule is CCSCC(=O)NCc1ccccc1. The largest absolute Gasteiger partial charge is 0.351 e. The van der Waals surface area contributed by atoms with Crippen molar-refractivity contribution < 1.29 is 4.79 Å². The second-order valence-electron chi connectivity index (χ2n) is 2.90. The van der Waals surface area contributed by atoms with Crippen LogP contribution in [0, 0.1) is 0 Å². The number of benzene rings is 1. The molecule has 0 unspecified atom stereocenters. The van der Waals surface area contributed by atoms with Crippen molar-refractivity contribution in [3.05, 3.63) is 35.9 Å². The lowest BCUT2D eigenvalue weighted by Gasteiger charge is -2.03. The molecular weight excluding hydrogens is 194 g/mol. The minimum atomic E-state index is 0.112. The highest BCUT2D eigenvalue weighted by atomic mass is 32.2. The summed E-state index contributed by atoms with van der Waals surface area (Å²) < 4.78 is 0. The van der Waals surface area contributed by atoms with Crippen LogP contribution >= 0.6 is 11.8 Å². The van der Waals surface area contributed by atoms with Gasteiger partial charge in [-0.1, -0.05) is 37.3 Å². The Hall–Kier alpha value is -0.960. The molecule has 1 aromatic carbocycles. The van der Waals surface area contributed by atoms with Gasteiger partial charge in [0.25, 0.3) is 0 Å². The van der Waals surface area contributed by atoms with E-state index in [9.17, 15) is 4.79 Å². The summed E-state index contributed by atoms with van der Waals surface area (Å²) in [6, 6.07) is 9.93. The maximum atomic E-state index is 11.2. The topological polar surface area (TPSA) is 29.1 Å². The van der Waals surface area contributed by atoms with Gasteiger partial charge < -0.3 is 5.32 Å². The summed E-state index contributed by atoms with van der Waals surface area (Å²) in [6.07, 6.45) is 0. The maximum absolute atomic E-state index is 11.2. The minimum absolute atomic E-state index is 0.112. The summed E-state index contributed by atoms with van der Waals surface area (Å²) in [6.45, 7) is 2.68. The first-order valence-electron chi connectivity index (χ1n) is 4.71. The highest BCUT2D eigenvalue weighted by Gasteiger charge is 1.99. The molecule has 0 aliphatic carbocycles. The summed E-state index contributed by atoms with van der Waals surface area (Å²) in [7, 11) is 0. The molecule has 0 saturated carbocycles. The predicted octanol–water partition coefficient (Wildman–Crippen LogP) is 2.06. The molecule has 0 saturated heterocycles. The number of nitrogens with one attached hydrogen (secondary N) is 1. The molecule has 0 heterocycles. The lowest BCUT2D eigenvalue weighted by molar-refractivity contribution is -0.118. The van der Waals surface area contributed by atoms with E-state index in [2.05, 4.69) is 12.2 Å². The Morgan fingerprint density at radius 3 is 2.71 bits per heavy atom. The zero-order valence-corrected chi connectivity index (χ0v) is 9.14. The Morgan fingerprint density at radius 2 is 2.07 bits per heavy atom. The molecular formula is C11H15NOS. The minimum Gasteiger partial charge on any atom is -0.351 e. The molecule has 14 heavy (non-hydrogen) atoms. The average Bonchev–Trinajstić information content (AvgIpc) is 2.25. The van der Waals surface area contributed by atoms with Crippen LogP contribution in [0.1, 0.15) is 12.5 Å². The van der Waals surface area contributed by atoms with E-state index < -0.39 is 0 Å². The van der Waals surface area contributed by atoms with E-state index in [0.717, 1.165) is 11.3 Å². The van der Waals surface area contributed by atoms with Crippen LogP contribution in [0.15, 0.2) is 30.3 Å². The van der Waals surface area contributed by atoms with Gasteiger partial charge in [0.1, 0.15) is 0 Å². The molecule has 0 aromatic heterocycles. The van der Waals surface area contributed by atoms with Crippen molar-refractivity contribution >= 4 is 17.7 Å². The third-order valence-corrected chi connectivity index (χ3v) is 2.64. The molecule has 0 aliphatic rings. The number of carbonyl (C=O) groups excluding carboxylic acids is 1. The molecule has 0 aliphatic heterocycles. The molecule has 76 valence electrons. The number of rotatable bonds is 5. The molecule has 0 spiro atoms. The Kier molecular flexibility index (Phi) is 5.15. The first kappa shape index (κ1) is 11.1. The number of amides is 1. The summed E-state index contributed by atoms with van der Waals surface area (Å²) in [4.78, 5) is 11.2. The van der Waals surface area contributed by atoms with Gasteiger partial charge in [0, 0.05) is 6.54 Å². The Labute approximate surface area is 89.1 Å². The first-order valence-corrected chi connectivity index (χ1v) is 5.86. The fourth-order valence-electron chi connectivity index (χ4n) is 1.04. The van der Waals surface area contributed by atoms with E-state index in [1.165, 1.54) is 0 Å². The van der Waals surface area contributed by atoms with Crippen LogP contribution in [0.4, 0.5) is 0 Å². The smallest absolute Gasteiger partial charge is 0.230 e. The van der Waals surface area contributed by atoms with Crippen molar-refractivity contribution in [1.29, 1.82) is 0 Å². The van der Waals surface area contributed by atoms with Crippen molar-refractivity contribution in [2.24, 2.45) is 0 Å². The lowest BCUT2D eigenvalue weighted by atomic mass is 10.2. The molecule has 1 aromatic rings. The standard InChI is InChI=1S/C11H15NOS/c1-2-14-9-11(13)12-8-10-6-4-3-5-7-10/h3-7H,2,8-9H2,1H3,(H,12,13). The van der Waals surface area contributed by atoms with Gasteiger partial charge in [-0.3, -0.25) is 4.79 Å². The van der Waals surface area contributed by atoms with Crippen LogP contribution in [0.3, 0.4) is 0 Å². The van der Waals surface area contributed by atoms with E-state index in [1.54, 1.807) is 11.8 Å². The van der Waals surface area contributed by atoms with Crippen LogP contribution < -0.4 is 5.32 Å². The first-order chi connectivity index (χ1) is 6.83. The van der Waals surface area contributed by atoms with E-state index in [0.29, 0.717) is 12.3 Å². The van der Waals surface area contributed by atoms with E-state index >= 15 is 0 Å². The lowest BCUT2D eigenvalue weighted by Crippen LogP contribution is -2.24. The average molecular weight is 209 g/mol. The van der Waals surface area contributed by atoms with E-state index in [-0.39, 0.29) is 5.91 Å². The molecule has 3 heteroatoms. The fourth-order valence-corrected chi connectivity index (χ4v) is 1.53.